The van der Waals surface area contributed by atoms with Crippen molar-refractivity contribution in [3.63, 3.8) is 0 Å². The van der Waals surface area contributed by atoms with Crippen LogP contribution in [0.2, 0.25) is 0 Å². The molecule has 0 radical (unpaired) electrons. The maximum Gasteiger partial charge on any atom is 0.303 e. The molecule has 4 heteroatoms. The summed E-state index contributed by atoms with van der Waals surface area (Å²) in [5.41, 5.74) is 0. The summed E-state index contributed by atoms with van der Waals surface area (Å²) in [6, 6.07) is 0. The number of aliphatic carboxylic acids is 1. The summed E-state index contributed by atoms with van der Waals surface area (Å²) in [5.74, 6) is 0.0587. The third-order valence-corrected chi connectivity index (χ3v) is 7.93. The van der Waals surface area contributed by atoms with E-state index >= 15 is 0 Å². The number of hydrogen-bond donors (Lipinski definition) is 1. The molecule has 0 aliphatic heterocycles. The van der Waals surface area contributed by atoms with Crippen LogP contribution in [0.25, 0.3) is 0 Å². The number of nitrogens with zero attached hydrogens (tertiary/aromatic N) is 1. The highest BCUT2D eigenvalue weighted by molar-refractivity contribution is 5.81. The predicted molar refractivity (Wildman–Crippen MR) is 160 cm³/mol. The minimum Gasteiger partial charge on any atom is -0.481 e. The summed E-state index contributed by atoms with van der Waals surface area (Å²) in [6.07, 6.45) is 25.2. The Morgan fingerprint density at radius 2 is 1.16 bits per heavy atom. The van der Waals surface area contributed by atoms with Crippen LogP contribution in [0.4, 0.5) is 0 Å². The lowest BCUT2D eigenvalue weighted by atomic mass is 9.93. The highest BCUT2D eigenvalue weighted by Gasteiger charge is 2.26. The van der Waals surface area contributed by atoms with Crippen molar-refractivity contribution in [2.75, 3.05) is 13.1 Å². The lowest BCUT2D eigenvalue weighted by molar-refractivity contribution is -0.138. The van der Waals surface area contributed by atoms with E-state index in [0.29, 0.717) is 18.3 Å². The number of unbranched alkanes of at least 4 members (excludes halogenated alkanes) is 10. The fourth-order valence-electron chi connectivity index (χ4n) is 5.18. The molecule has 0 spiro atoms. The van der Waals surface area contributed by atoms with Crippen molar-refractivity contribution in [2.24, 2.45) is 17.8 Å². The van der Waals surface area contributed by atoms with Gasteiger partial charge in [0.2, 0.25) is 5.91 Å². The molecule has 0 heterocycles. The van der Waals surface area contributed by atoms with Crippen molar-refractivity contribution in [1.29, 1.82) is 0 Å². The Hall–Kier alpha value is -1.32. The van der Waals surface area contributed by atoms with Gasteiger partial charge in [0.25, 0.3) is 0 Å². The molecule has 0 fully saturated rings. The molecule has 4 nitrogen and oxygen atoms in total. The SMILES string of the molecule is CCCCCCCCCC/C=C\C(CCC(=O)O)C(=O)N(CC(CC)CCCC)CC(CC)CCCC. The van der Waals surface area contributed by atoms with Gasteiger partial charge in [-0.3, -0.25) is 9.59 Å². The first-order valence-corrected chi connectivity index (χ1v) is 16.1. The molecule has 0 aromatic heterocycles. The van der Waals surface area contributed by atoms with Crippen LogP contribution in [-0.4, -0.2) is 35.0 Å². The number of hydrogen-bond acceptors (Lipinski definition) is 2. The topological polar surface area (TPSA) is 57.6 Å². The minimum atomic E-state index is -0.815. The van der Waals surface area contributed by atoms with E-state index < -0.39 is 5.97 Å². The Morgan fingerprint density at radius 3 is 1.62 bits per heavy atom. The molecule has 218 valence electrons. The minimum absolute atomic E-state index is 0.0480. The number of allylic oxidation sites excluding steroid dienone is 1. The molecule has 0 bridgehead atoms. The Kier molecular flexibility index (Phi) is 24.1. The lowest BCUT2D eigenvalue weighted by Gasteiger charge is -2.33. The van der Waals surface area contributed by atoms with Gasteiger partial charge in [-0.2, -0.15) is 0 Å². The van der Waals surface area contributed by atoms with Crippen LogP contribution in [0.3, 0.4) is 0 Å². The molecule has 1 N–H and O–H groups in total. The van der Waals surface area contributed by atoms with Crippen molar-refractivity contribution in [2.45, 2.75) is 157 Å². The van der Waals surface area contributed by atoms with E-state index in [1.807, 2.05) is 6.08 Å². The van der Waals surface area contributed by atoms with Crippen molar-refractivity contribution < 1.29 is 14.7 Å². The maximum atomic E-state index is 13.9. The van der Waals surface area contributed by atoms with E-state index in [1.165, 1.54) is 70.6 Å². The highest BCUT2D eigenvalue weighted by atomic mass is 16.4. The van der Waals surface area contributed by atoms with Crippen LogP contribution >= 0.6 is 0 Å². The zero-order chi connectivity index (χ0) is 27.7. The maximum absolute atomic E-state index is 13.9. The smallest absolute Gasteiger partial charge is 0.303 e. The van der Waals surface area contributed by atoms with Crippen LogP contribution in [0, 0.1) is 17.8 Å². The van der Waals surface area contributed by atoms with Gasteiger partial charge in [0.1, 0.15) is 0 Å². The van der Waals surface area contributed by atoms with Crippen molar-refractivity contribution in [3.05, 3.63) is 12.2 Å². The number of carbonyl (C=O) groups is 2. The Morgan fingerprint density at radius 1 is 0.676 bits per heavy atom. The summed E-state index contributed by atoms with van der Waals surface area (Å²) in [6.45, 7) is 12.8. The summed E-state index contributed by atoms with van der Waals surface area (Å²) < 4.78 is 0. The third-order valence-electron chi connectivity index (χ3n) is 7.93. The molecule has 0 saturated heterocycles. The van der Waals surface area contributed by atoms with Crippen LogP contribution in [0.1, 0.15) is 157 Å². The monoisotopic (exact) mass is 521 g/mol. The molecule has 3 unspecified atom stereocenters. The molecule has 0 aliphatic carbocycles. The van der Waals surface area contributed by atoms with E-state index in [2.05, 4.69) is 45.6 Å². The highest BCUT2D eigenvalue weighted by Crippen LogP contribution is 2.23. The molecule has 0 rings (SSSR count). The molecule has 1 amide bonds. The van der Waals surface area contributed by atoms with E-state index in [-0.39, 0.29) is 18.2 Å². The van der Waals surface area contributed by atoms with Crippen LogP contribution in [0.5, 0.6) is 0 Å². The molecule has 0 aromatic rings. The molecule has 0 aliphatic rings. The normalized spacial score (nSPS) is 14.1. The summed E-state index contributed by atoms with van der Waals surface area (Å²) in [4.78, 5) is 27.4. The van der Waals surface area contributed by atoms with E-state index in [9.17, 15) is 14.7 Å². The third kappa shape index (κ3) is 19.4. The fraction of sp³-hybridized carbons (Fsp3) is 0.879. The second-order valence-electron chi connectivity index (χ2n) is 11.3. The van der Waals surface area contributed by atoms with Gasteiger partial charge >= 0.3 is 5.97 Å². The molecule has 0 aromatic carbocycles. The van der Waals surface area contributed by atoms with Gasteiger partial charge in [-0.05, 0) is 43.9 Å². The summed E-state index contributed by atoms with van der Waals surface area (Å²) in [5, 5.41) is 9.34. The van der Waals surface area contributed by atoms with E-state index in [1.54, 1.807) is 0 Å². The quantitative estimate of drug-likeness (QED) is 0.0910. The molecular formula is C33H63NO3. The summed E-state index contributed by atoms with van der Waals surface area (Å²) in [7, 11) is 0. The largest absolute Gasteiger partial charge is 0.481 e. The van der Waals surface area contributed by atoms with E-state index in [0.717, 1.165) is 51.6 Å². The average molecular weight is 522 g/mol. The van der Waals surface area contributed by atoms with Gasteiger partial charge in [-0.15, -0.1) is 0 Å². The van der Waals surface area contributed by atoms with Gasteiger partial charge in [0.05, 0.1) is 5.92 Å². The standard InChI is InChI=1S/C33H63NO3/c1-6-11-14-15-16-17-18-19-20-21-24-31(25-26-32(35)36)33(37)34(27-29(9-4)22-12-7-2)28-30(10-5)23-13-8-3/h21,24,29-31H,6-20,22-23,25-28H2,1-5H3,(H,35,36)/b24-21-. The average Bonchev–Trinajstić information content (AvgIpc) is 2.90. The second kappa shape index (κ2) is 25.0. The number of carboxylic acids is 1. The Bertz CT molecular complexity index is 556. The van der Waals surface area contributed by atoms with Gasteiger partial charge in [-0.25, -0.2) is 0 Å². The lowest BCUT2D eigenvalue weighted by Crippen LogP contribution is -2.42. The van der Waals surface area contributed by atoms with Crippen molar-refractivity contribution in [1.82, 2.24) is 4.90 Å². The first-order chi connectivity index (χ1) is 17.9. The number of rotatable bonds is 26. The Balaban J connectivity index is 5.26. The molecule has 3 atom stereocenters. The fourth-order valence-corrected chi connectivity index (χ4v) is 5.18. The second-order valence-corrected chi connectivity index (χ2v) is 11.3. The first-order valence-electron chi connectivity index (χ1n) is 16.1. The van der Waals surface area contributed by atoms with Crippen molar-refractivity contribution in [3.8, 4) is 0 Å². The van der Waals surface area contributed by atoms with Gasteiger partial charge in [0, 0.05) is 19.5 Å². The van der Waals surface area contributed by atoms with Crippen LogP contribution in [-0.2, 0) is 9.59 Å². The van der Waals surface area contributed by atoms with Gasteiger partial charge < -0.3 is 10.0 Å². The van der Waals surface area contributed by atoms with Crippen molar-refractivity contribution >= 4 is 11.9 Å². The Labute approximate surface area is 231 Å². The number of amides is 1. The molecular weight excluding hydrogens is 458 g/mol. The number of carbonyl (C=O) groups excluding carboxylic acids is 1. The number of carboxylic acid groups (broad SMARTS) is 1. The van der Waals surface area contributed by atoms with Crippen LogP contribution < -0.4 is 0 Å². The van der Waals surface area contributed by atoms with Gasteiger partial charge in [-0.1, -0.05) is 130 Å². The molecule has 0 saturated carbocycles. The molecule has 37 heavy (non-hydrogen) atoms. The van der Waals surface area contributed by atoms with E-state index in [4.69, 9.17) is 0 Å². The van der Waals surface area contributed by atoms with Crippen LogP contribution in [0.15, 0.2) is 12.2 Å². The first kappa shape index (κ1) is 35.7. The van der Waals surface area contributed by atoms with Gasteiger partial charge in [0.15, 0.2) is 0 Å². The zero-order valence-electron chi connectivity index (χ0n) is 25.4. The predicted octanol–water partition coefficient (Wildman–Crippen LogP) is 9.82. The summed E-state index contributed by atoms with van der Waals surface area (Å²) >= 11 is 0. The zero-order valence-corrected chi connectivity index (χ0v) is 25.4.